The van der Waals surface area contributed by atoms with Gasteiger partial charge >= 0.3 is 0 Å². The average molecular weight is 398 g/mol. The summed E-state index contributed by atoms with van der Waals surface area (Å²) in [7, 11) is -3.62. The Hall–Kier alpha value is -2.44. The number of benzene rings is 2. The summed E-state index contributed by atoms with van der Waals surface area (Å²) in [6, 6.07) is 17.2. The lowest BCUT2D eigenvalue weighted by atomic mass is 10.1. The van der Waals surface area contributed by atoms with E-state index in [0.717, 1.165) is 22.4 Å². The molecule has 0 radical (unpaired) electrons. The smallest absolute Gasteiger partial charge is 0.243 e. The van der Waals surface area contributed by atoms with E-state index in [0.29, 0.717) is 31.0 Å². The van der Waals surface area contributed by atoms with Gasteiger partial charge in [0, 0.05) is 19.3 Å². The van der Waals surface area contributed by atoms with Crippen LogP contribution in [0.1, 0.15) is 29.3 Å². The van der Waals surface area contributed by atoms with Gasteiger partial charge in [0.25, 0.3) is 0 Å². The summed E-state index contributed by atoms with van der Waals surface area (Å²) < 4.78 is 30.3. The van der Waals surface area contributed by atoms with Gasteiger partial charge in [-0.25, -0.2) is 8.42 Å². The fraction of sp³-hybridized carbons (Fsp3) is 0.318. The lowest BCUT2D eigenvalue weighted by Gasteiger charge is -2.23. The molecule has 0 aliphatic rings. The van der Waals surface area contributed by atoms with Crippen LogP contribution in [0.25, 0.3) is 0 Å². The normalized spacial score (nSPS) is 11.9. The Morgan fingerprint density at radius 3 is 2.43 bits per heavy atom. The quantitative estimate of drug-likeness (QED) is 0.578. The van der Waals surface area contributed by atoms with Crippen LogP contribution < -0.4 is 0 Å². The summed E-state index contributed by atoms with van der Waals surface area (Å²) in [5.74, 6) is 0. The van der Waals surface area contributed by atoms with E-state index in [1.807, 2.05) is 67.9 Å². The number of nitrogens with zero attached hydrogens (tertiary/aromatic N) is 3. The minimum absolute atomic E-state index is 0.302. The maximum absolute atomic E-state index is 13.4. The Bertz CT molecular complexity index is 1030. The van der Waals surface area contributed by atoms with Crippen molar-refractivity contribution < 1.29 is 8.42 Å². The number of hydrogen-bond donors (Lipinski definition) is 0. The van der Waals surface area contributed by atoms with E-state index >= 15 is 0 Å². The fourth-order valence-corrected chi connectivity index (χ4v) is 4.66. The zero-order chi connectivity index (χ0) is 20.1. The van der Waals surface area contributed by atoms with Crippen LogP contribution in [0.2, 0.25) is 0 Å². The summed E-state index contributed by atoms with van der Waals surface area (Å²) in [4.78, 5) is 0.339. The van der Waals surface area contributed by atoms with Crippen LogP contribution in [-0.2, 0) is 29.5 Å². The molecule has 5 nitrogen and oxygen atoms in total. The third kappa shape index (κ3) is 4.51. The van der Waals surface area contributed by atoms with Gasteiger partial charge in [-0.05, 0) is 62.1 Å². The molecule has 0 aliphatic heterocycles. The first-order valence-electron chi connectivity index (χ1n) is 9.54. The molecule has 0 N–H and O–H groups in total. The van der Waals surface area contributed by atoms with Gasteiger partial charge in [0.2, 0.25) is 10.0 Å². The Balaban J connectivity index is 1.92. The van der Waals surface area contributed by atoms with E-state index < -0.39 is 10.0 Å². The van der Waals surface area contributed by atoms with Gasteiger partial charge in [-0.3, -0.25) is 4.68 Å². The van der Waals surface area contributed by atoms with Crippen LogP contribution >= 0.6 is 0 Å². The molecule has 1 aromatic heterocycles. The number of hydrogen-bond acceptors (Lipinski definition) is 3. The molecule has 3 aromatic rings. The monoisotopic (exact) mass is 397 g/mol. The zero-order valence-corrected chi connectivity index (χ0v) is 17.5. The minimum atomic E-state index is -3.62. The van der Waals surface area contributed by atoms with Crippen molar-refractivity contribution in [3.63, 3.8) is 0 Å². The topological polar surface area (TPSA) is 55.2 Å². The molecule has 2 aromatic carbocycles. The van der Waals surface area contributed by atoms with Crippen molar-refractivity contribution in [1.82, 2.24) is 14.1 Å². The van der Waals surface area contributed by atoms with Crippen molar-refractivity contribution in [3.05, 3.63) is 83.2 Å². The van der Waals surface area contributed by atoms with Crippen LogP contribution in [0.5, 0.6) is 0 Å². The predicted molar refractivity (Wildman–Crippen MR) is 112 cm³/mol. The summed E-state index contributed by atoms with van der Waals surface area (Å²) in [6.07, 6.45) is 2.38. The molecular formula is C22H27N3O2S. The molecule has 0 unspecified atom stereocenters. The van der Waals surface area contributed by atoms with E-state index in [2.05, 4.69) is 5.10 Å². The Morgan fingerprint density at radius 1 is 1.00 bits per heavy atom. The van der Waals surface area contributed by atoms with E-state index in [1.165, 1.54) is 0 Å². The van der Waals surface area contributed by atoms with Crippen LogP contribution in [-0.4, -0.2) is 29.0 Å². The second kappa shape index (κ2) is 8.71. The molecule has 0 amide bonds. The van der Waals surface area contributed by atoms with Crippen molar-refractivity contribution in [2.75, 3.05) is 6.54 Å². The average Bonchev–Trinajstić information content (AvgIpc) is 3.15. The summed E-state index contributed by atoms with van der Waals surface area (Å²) in [6.45, 7) is 7.35. The molecule has 0 aliphatic carbocycles. The maximum atomic E-state index is 13.4. The summed E-state index contributed by atoms with van der Waals surface area (Å²) in [5.41, 5.74) is 4.07. The summed E-state index contributed by atoms with van der Waals surface area (Å²) >= 11 is 0. The highest BCUT2D eigenvalue weighted by atomic mass is 32.2. The highest BCUT2D eigenvalue weighted by Gasteiger charge is 2.26. The third-order valence-corrected chi connectivity index (χ3v) is 6.89. The SMILES string of the molecule is CCn1nccc1CN(CCc1ccccc1)S(=O)(=O)c1ccc(C)c(C)c1. The van der Waals surface area contributed by atoms with E-state index in [1.54, 1.807) is 22.6 Å². The Labute approximate surface area is 167 Å². The molecule has 0 fully saturated rings. The molecule has 0 atom stereocenters. The van der Waals surface area contributed by atoms with E-state index in [4.69, 9.17) is 0 Å². The molecule has 0 saturated carbocycles. The van der Waals surface area contributed by atoms with Crippen LogP contribution in [0.3, 0.4) is 0 Å². The minimum Gasteiger partial charge on any atom is -0.269 e. The number of aromatic nitrogens is 2. The molecule has 148 valence electrons. The predicted octanol–water partition coefficient (Wildman–Crippen LogP) is 3.95. The highest BCUT2D eigenvalue weighted by molar-refractivity contribution is 7.89. The Morgan fingerprint density at radius 2 is 1.75 bits per heavy atom. The second-order valence-corrected chi connectivity index (χ2v) is 8.90. The van der Waals surface area contributed by atoms with Crippen molar-refractivity contribution in [2.24, 2.45) is 0 Å². The van der Waals surface area contributed by atoms with Crippen LogP contribution in [0.15, 0.2) is 65.7 Å². The second-order valence-electron chi connectivity index (χ2n) is 6.96. The van der Waals surface area contributed by atoms with Gasteiger partial charge in [0.15, 0.2) is 0 Å². The molecule has 3 rings (SSSR count). The molecule has 28 heavy (non-hydrogen) atoms. The van der Waals surface area contributed by atoms with Crippen molar-refractivity contribution in [2.45, 2.75) is 45.2 Å². The molecule has 6 heteroatoms. The number of sulfonamides is 1. The molecule has 1 heterocycles. The van der Waals surface area contributed by atoms with Crippen molar-refractivity contribution in [3.8, 4) is 0 Å². The fourth-order valence-electron chi connectivity index (χ4n) is 3.17. The Kier molecular flexibility index (Phi) is 6.31. The first kappa shape index (κ1) is 20.3. The van der Waals surface area contributed by atoms with Crippen LogP contribution in [0.4, 0.5) is 0 Å². The van der Waals surface area contributed by atoms with Crippen LogP contribution in [0, 0.1) is 13.8 Å². The first-order valence-corrected chi connectivity index (χ1v) is 11.0. The molecule has 0 saturated heterocycles. The van der Waals surface area contributed by atoms with E-state index in [-0.39, 0.29) is 0 Å². The maximum Gasteiger partial charge on any atom is 0.243 e. The van der Waals surface area contributed by atoms with Gasteiger partial charge in [0.1, 0.15) is 0 Å². The zero-order valence-electron chi connectivity index (χ0n) is 16.7. The van der Waals surface area contributed by atoms with Crippen molar-refractivity contribution >= 4 is 10.0 Å². The first-order chi connectivity index (χ1) is 13.4. The van der Waals surface area contributed by atoms with Gasteiger partial charge in [0.05, 0.1) is 17.1 Å². The van der Waals surface area contributed by atoms with Gasteiger partial charge in [-0.2, -0.15) is 9.40 Å². The van der Waals surface area contributed by atoms with Gasteiger partial charge < -0.3 is 0 Å². The molecule has 0 bridgehead atoms. The number of rotatable bonds is 8. The third-order valence-electron chi connectivity index (χ3n) is 5.05. The largest absolute Gasteiger partial charge is 0.269 e. The lowest BCUT2D eigenvalue weighted by molar-refractivity contribution is 0.394. The summed E-state index contributed by atoms with van der Waals surface area (Å²) in [5, 5.41) is 4.28. The molecule has 0 spiro atoms. The van der Waals surface area contributed by atoms with Gasteiger partial charge in [-0.1, -0.05) is 36.4 Å². The molecular weight excluding hydrogens is 370 g/mol. The lowest BCUT2D eigenvalue weighted by Crippen LogP contribution is -2.33. The highest BCUT2D eigenvalue weighted by Crippen LogP contribution is 2.21. The van der Waals surface area contributed by atoms with Gasteiger partial charge in [-0.15, -0.1) is 0 Å². The van der Waals surface area contributed by atoms with E-state index in [9.17, 15) is 8.42 Å². The standard InChI is InChI=1S/C22H27N3O2S/c1-4-25-21(12-14-23-25)17-24(15-13-20-8-6-5-7-9-20)28(26,27)22-11-10-18(2)19(3)16-22/h5-12,14,16H,4,13,15,17H2,1-3H3. The van der Waals surface area contributed by atoms with Crippen molar-refractivity contribution in [1.29, 1.82) is 0 Å². The number of aryl methyl sites for hydroxylation is 3.